The lowest BCUT2D eigenvalue weighted by Gasteiger charge is -2.17. The maximum absolute atomic E-state index is 12.3. The average molecular weight is 408 g/mol. The van der Waals surface area contributed by atoms with Crippen LogP contribution in [-0.2, 0) is 45.0 Å². The van der Waals surface area contributed by atoms with E-state index in [4.69, 9.17) is 4.74 Å². The molecule has 30 heavy (non-hydrogen) atoms. The zero-order valence-electron chi connectivity index (χ0n) is 17.4. The van der Waals surface area contributed by atoms with E-state index in [1.165, 1.54) is 5.56 Å². The summed E-state index contributed by atoms with van der Waals surface area (Å²) in [6.45, 7) is 11.5. The monoisotopic (exact) mass is 407 g/mol. The van der Waals surface area contributed by atoms with Crippen LogP contribution in [0.1, 0.15) is 47.9 Å². The lowest BCUT2D eigenvalue weighted by atomic mass is 9.91. The second-order valence-electron chi connectivity index (χ2n) is 7.20. The Balaban J connectivity index is 2.22. The van der Waals surface area contributed by atoms with Crippen molar-refractivity contribution in [1.82, 2.24) is 5.32 Å². The molecule has 0 atom stereocenters. The third kappa shape index (κ3) is 6.69. The van der Waals surface area contributed by atoms with Gasteiger partial charge in [-0.05, 0) is 60.8 Å². The van der Waals surface area contributed by atoms with E-state index in [0.717, 1.165) is 61.3 Å². The Morgan fingerprint density at radius 1 is 0.933 bits per heavy atom. The minimum absolute atomic E-state index is 0.127. The summed E-state index contributed by atoms with van der Waals surface area (Å²) in [5.74, 6) is -1.58. The number of allylic oxidation sites excluding steroid dienone is 3. The summed E-state index contributed by atoms with van der Waals surface area (Å²) in [7, 11) is 0. The molecule has 1 N–H and O–H groups in total. The summed E-state index contributed by atoms with van der Waals surface area (Å²) in [6.07, 6.45) is 11.6. The molecular formula is C25H29NO4. The Hall–Kier alpha value is -3.21. The fraction of sp³-hybridized carbons (Fsp3) is 0.320. The molecular weight excluding hydrogens is 378 g/mol. The van der Waals surface area contributed by atoms with Gasteiger partial charge in [-0.3, -0.25) is 19.7 Å². The van der Waals surface area contributed by atoms with Crippen molar-refractivity contribution in [3.05, 3.63) is 84.0 Å². The number of amides is 2. The number of nitrogens with one attached hydrogen (secondary N) is 1. The summed E-state index contributed by atoms with van der Waals surface area (Å²) in [6, 6.07) is 4.33. The van der Waals surface area contributed by atoms with Crippen molar-refractivity contribution in [1.29, 1.82) is 0 Å². The fourth-order valence-corrected chi connectivity index (χ4v) is 3.37. The van der Waals surface area contributed by atoms with Gasteiger partial charge in [-0.25, -0.2) is 0 Å². The van der Waals surface area contributed by atoms with Crippen LogP contribution >= 0.6 is 0 Å². The van der Waals surface area contributed by atoms with Crippen molar-refractivity contribution in [3.63, 3.8) is 0 Å². The Morgan fingerprint density at radius 3 is 2.00 bits per heavy atom. The third-order valence-corrected chi connectivity index (χ3v) is 4.91. The number of hydrogen-bond donors (Lipinski definition) is 1. The first-order chi connectivity index (χ1) is 14.5. The molecule has 0 bridgehead atoms. The highest BCUT2D eigenvalue weighted by Crippen LogP contribution is 2.24. The summed E-state index contributed by atoms with van der Waals surface area (Å²) >= 11 is 0. The van der Waals surface area contributed by atoms with Crippen LogP contribution < -0.4 is 5.32 Å². The predicted molar refractivity (Wildman–Crippen MR) is 118 cm³/mol. The van der Waals surface area contributed by atoms with E-state index >= 15 is 0 Å². The number of esters is 1. The van der Waals surface area contributed by atoms with Crippen molar-refractivity contribution in [2.75, 3.05) is 0 Å². The van der Waals surface area contributed by atoms with Crippen LogP contribution in [0.3, 0.4) is 0 Å². The van der Waals surface area contributed by atoms with Crippen LogP contribution in [0.15, 0.2) is 61.7 Å². The molecule has 0 spiro atoms. The Kier molecular flexibility index (Phi) is 9.01. The molecule has 0 unspecified atom stereocenters. The van der Waals surface area contributed by atoms with Gasteiger partial charge in [-0.15, -0.1) is 19.7 Å². The molecule has 0 saturated heterocycles. The number of aryl methyl sites for hydroxylation is 3. The van der Waals surface area contributed by atoms with Crippen LogP contribution in [-0.4, -0.2) is 17.8 Å². The molecule has 1 aliphatic heterocycles. The molecule has 1 aliphatic rings. The van der Waals surface area contributed by atoms with E-state index < -0.39 is 17.8 Å². The quantitative estimate of drug-likeness (QED) is 0.304. The maximum Gasteiger partial charge on any atom is 0.310 e. The Morgan fingerprint density at radius 2 is 1.50 bits per heavy atom. The predicted octanol–water partition coefficient (Wildman–Crippen LogP) is 4.06. The van der Waals surface area contributed by atoms with E-state index in [0.29, 0.717) is 0 Å². The second-order valence-corrected chi connectivity index (χ2v) is 7.20. The SMILES string of the molecule is C=CCCc1cc(CCC=C)c(COC(=O)CC2=CC(=O)NC2=O)c(CCC=C)c1. The summed E-state index contributed by atoms with van der Waals surface area (Å²) < 4.78 is 5.50. The van der Waals surface area contributed by atoms with Gasteiger partial charge in [0, 0.05) is 11.6 Å². The van der Waals surface area contributed by atoms with Crippen LogP contribution in [0.25, 0.3) is 0 Å². The highest BCUT2D eigenvalue weighted by molar-refractivity contribution is 6.17. The van der Waals surface area contributed by atoms with E-state index in [1.54, 1.807) is 0 Å². The van der Waals surface area contributed by atoms with Gasteiger partial charge in [0.05, 0.1) is 6.42 Å². The highest BCUT2D eigenvalue weighted by atomic mass is 16.5. The Bertz CT molecular complexity index is 846. The van der Waals surface area contributed by atoms with Gasteiger partial charge >= 0.3 is 5.97 Å². The van der Waals surface area contributed by atoms with Crippen molar-refractivity contribution in [2.45, 2.75) is 51.6 Å². The summed E-state index contributed by atoms with van der Waals surface area (Å²) in [5, 5.41) is 2.13. The zero-order valence-corrected chi connectivity index (χ0v) is 17.4. The largest absolute Gasteiger partial charge is 0.461 e. The smallest absolute Gasteiger partial charge is 0.310 e. The lowest BCUT2D eigenvalue weighted by molar-refractivity contribution is -0.144. The van der Waals surface area contributed by atoms with Gasteiger partial charge in [0.25, 0.3) is 11.8 Å². The van der Waals surface area contributed by atoms with Crippen molar-refractivity contribution in [3.8, 4) is 0 Å². The topological polar surface area (TPSA) is 72.5 Å². The number of rotatable bonds is 13. The second kappa shape index (κ2) is 11.7. The molecule has 5 nitrogen and oxygen atoms in total. The molecule has 5 heteroatoms. The van der Waals surface area contributed by atoms with Crippen LogP contribution in [0.4, 0.5) is 0 Å². The molecule has 0 aromatic heterocycles. The lowest BCUT2D eigenvalue weighted by Crippen LogP contribution is -2.23. The molecule has 0 saturated carbocycles. The molecule has 2 amide bonds. The molecule has 0 radical (unpaired) electrons. The molecule has 1 heterocycles. The average Bonchev–Trinajstić information content (AvgIpc) is 3.04. The van der Waals surface area contributed by atoms with Gasteiger partial charge in [-0.2, -0.15) is 0 Å². The maximum atomic E-state index is 12.3. The fourth-order valence-electron chi connectivity index (χ4n) is 3.37. The van der Waals surface area contributed by atoms with Crippen LogP contribution in [0.5, 0.6) is 0 Å². The van der Waals surface area contributed by atoms with Gasteiger partial charge in [0.2, 0.25) is 0 Å². The minimum Gasteiger partial charge on any atom is -0.461 e. The number of ether oxygens (including phenoxy) is 1. The van der Waals surface area contributed by atoms with Gasteiger partial charge in [0.15, 0.2) is 0 Å². The molecule has 1 aromatic carbocycles. The third-order valence-electron chi connectivity index (χ3n) is 4.91. The molecule has 158 valence electrons. The van der Waals surface area contributed by atoms with Gasteiger partial charge in [-0.1, -0.05) is 30.4 Å². The number of hydrogen-bond acceptors (Lipinski definition) is 4. The van der Waals surface area contributed by atoms with E-state index in [-0.39, 0.29) is 18.6 Å². The summed E-state index contributed by atoms with van der Waals surface area (Å²) in [5.41, 5.74) is 4.63. The summed E-state index contributed by atoms with van der Waals surface area (Å²) in [4.78, 5) is 35.2. The van der Waals surface area contributed by atoms with Crippen LogP contribution in [0.2, 0.25) is 0 Å². The standard InChI is InChI=1S/C25H29NO4/c1-4-7-10-18-13-19(11-8-5-2)22(20(14-18)12-9-6-3)17-30-24(28)16-21-15-23(27)26-25(21)29/h4-6,13-15H,1-3,7-12,16-17H2,(H,26,27,29). The van der Waals surface area contributed by atoms with Crippen molar-refractivity contribution < 1.29 is 19.1 Å². The zero-order chi connectivity index (χ0) is 21.9. The van der Waals surface area contributed by atoms with Gasteiger partial charge < -0.3 is 4.74 Å². The van der Waals surface area contributed by atoms with E-state index in [9.17, 15) is 14.4 Å². The van der Waals surface area contributed by atoms with E-state index in [1.807, 2.05) is 18.2 Å². The van der Waals surface area contributed by atoms with Crippen LogP contribution in [0, 0.1) is 0 Å². The number of benzene rings is 1. The van der Waals surface area contributed by atoms with Gasteiger partial charge in [0.1, 0.15) is 6.61 Å². The highest BCUT2D eigenvalue weighted by Gasteiger charge is 2.23. The normalized spacial score (nSPS) is 12.9. The van der Waals surface area contributed by atoms with Crippen molar-refractivity contribution in [2.24, 2.45) is 0 Å². The number of carbonyl (C=O) groups is 3. The molecule has 0 aliphatic carbocycles. The van der Waals surface area contributed by atoms with Crippen molar-refractivity contribution >= 4 is 17.8 Å². The first kappa shape index (κ1) is 23.1. The molecule has 2 rings (SSSR count). The first-order valence-electron chi connectivity index (χ1n) is 10.2. The molecule has 0 fully saturated rings. The first-order valence-corrected chi connectivity index (χ1v) is 10.2. The van der Waals surface area contributed by atoms with E-state index in [2.05, 4.69) is 37.2 Å². The molecule has 1 aromatic rings. The number of carbonyl (C=O) groups excluding carboxylic acids is 3. The number of imide groups is 1. The Labute approximate surface area is 178 Å². The minimum atomic E-state index is -0.540.